The molecular weight excluding hydrogens is 498 g/mol. The number of halogens is 10. The van der Waals surface area contributed by atoms with E-state index in [2.05, 4.69) is 0 Å². The average Bonchev–Trinajstić information content (AvgIpc) is 2.50. The fourth-order valence-corrected chi connectivity index (χ4v) is 5.48. The van der Waals surface area contributed by atoms with Crippen molar-refractivity contribution in [3.05, 3.63) is 0 Å². The number of unbranched alkanes of at least 4 members (excludes halogenated alkanes) is 1. The van der Waals surface area contributed by atoms with Crippen LogP contribution in [-0.4, -0.2) is 67.1 Å². The molecule has 0 saturated heterocycles. The molecule has 1 atom stereocenters. The van der Waals surface area contributed by atoms with Crippen LogP contribution in [0.4, 0.5) is 43.9 Å². The zero-order chi connectivity index (χ0) is 24.6. The summed E-state index contributed by atoms with van der Waals surface area (Å²) in [5, 5.41) is -5.65. The first-order chi connectivity index (χ1) is 13.0. The highest BCUT2D eigenvalue weighted by atomic mass is 32.3. The van der Waals surface area contributed by atoms with Gasteiger partial charge in [-0.05, 0) is 25.8 Å². The second-order valence-corrected chi connectivity index (χ2v) is 9.35. The van der Waals surface area contributed by atoms with Gasteiger partial charge in [0.1, 0.15) is 6.04 Å². The van der Waals surface area contributed by atoms with Gasteiger partial charge >= 0.3 is 48.9 Å². The van der Waals surface area contributed by atoms with E-state index in [9.17, 15) is 65.5 Å². The van der Waals surface area contributed by atoms with Gasteiger partial charge in [0.2, 0.25) is 0 Å². The molecule has 0 aliphatic carbocycles. The molecule has 0 amide bonds. The standard InChI is InChI=1S/C10H12F10N2O6S2/c11-7(12,13)9(17,18)29(25,26)22(5(6(23)24)3-1-2-4-21)30(27,28)10(19,20)8(14,15)16/h5H,1-4,21H2,(H,23,24)/t5-/m0/s1. The lowest BCUT2D eigenvalue weighted by Gasteiger charge is -2.33. The third-order valence-electron chi connectivity index (χ3n) is 3.25. The number of hydrogen-bond acceptors (Lipinski definition) is 6. The summed E-state index contributed by atoms with van der Waals surface area (Å²) in [4.78, 5) is 11.1. The zero-order valence-electron chi connectivity index (χ0n) is 14.0. The number of alkyl halides is 10. The molecule has 0 unspecified atom stereocenters. The van der Waals surface area contributed by atoms with Gasteiger partial charge in [0, 0.05) is 0 Å². The quantitative estimate of drug-likeness (QED) is 0.338. The molecule has 3 N–H and O–H groups in total. The predicted octanol–water partition coefficient (Wildman–Crippen LogP) is 1.84. The predicted molar refractivity (Wildman–Crippen MR) is 76.0 cm³/mol. The van der Waals surface area contributed by atoms with Crippen molar-refractivity contribution in [3.63, 3.8) is 0 Å². The molecule has 0 aromatic heterocycles. The van der Waals surface area contributed by atoms with Crippen LogP contribution >= 0.6 is 0 Å². The normalized spacial score (nSPS) is 16.0. The fraction of sp³-hybridized carbons (Fsp3) is 0.900. The largest absolute Gasteiger partial charge is 0.480 e. The second kappa shape index (κ2) is 8.61. The average molecular weight is 510 g/mol. The lowest BCUT2D eigenvalue weighted by molar-refractivity contribution is -0.244. The van der Waals surface area contributed by atoms with Gasteiger partial charge in [0.25, 0.3) is 0 Å². The summed E-state index contributed by atoms with van der Waals surface area (Å²) in [5.41, 5.74) is 4.96. The Morgan fingerprint density at radius 3 is 1.37 bits per heavy atom. The van der Waals surface area contributed by atoms with Gasteiger partial charge in [-0.1, -0.05) is 3.71 Å². The molecule has 30 heavy (non-hydrogen) atoms. The summed E-state index contributed by atoms with van der Waals surface area (Å²) >= 11 is 0. The lowest BCUT2D eigenvalue weighted by atomic mass is 10.1. The Morgan fingerprint density at radius 1 is 0.800 bits per heavy atom. The minimum absolute atomic E-state index is 0.358. The van der Waals surface area contributed by atoms with E-state index in [1.165, 1.54) is 0 Å². The van der Waals surface area contributed by atoms with E-state index in [1.54, 1.807) is 0 Å². The molecule has 0 aliphatic rings. The van der Waals surface area contributed by atoms with Crippen molar-refractivity contribution >= 4 is 26.0 Å². The molecule has 0 radical (unpaired) electrons. The first-order valence-corrected chi connectivity index (χ1v) is 10.0. The lowest BCUT2D eigenvalue weighted by Crippen LogP contribution is -2.62. The Bertz CT molecular complexity index is 780. The van der Waals surface area contributed by atoms with Crippen molar-refractivity contribution < 1.29 is 70.6 Å². The van der Waals surface area contributed by atoms with E-state index in [0.717, 1.165) is 0 Å². The van der Waals surface area contributed by atoms with Gasteiger partial charge in [-0.25, -0.2) is 16.8 Å². The number of sulfonamides is 2. The summed E-state index contributed by atoms with van der Waals surface area (Å²) in [6.45, 7) is -0.358. The Hall–Kier alpha value is -1.41. The first kappa shape index (κ1) is 28.6. The van der Waals surface area contributed by atoms with Crippen molar-refractivity contribution in [3.8, 4) is 0 Å². The number of carboxylic acids is 1. The molecule has 0 saturated carbocycles. The number of carbonyl (C=O) groups is 1. The van der Waals surface area contributed by atoms with E-state index in [1.807, 2.05) is 0 Å². The van der Waals surface area contributed by atoms with E-state index < -0.39 is 71.5 Å². The molecule has 0 aliphatic heterocycles. The highest BCUT2D eigenvalue weighted by Crippen LogP contribution is 2.48. The van der Waals surface area contributed by atoms with Crippen LogP contribution in [0.3, 0.4) is 0 Å². The van der Waals surface area contributed by atoms with Crippen LogP contribution in [0.15, 0.2) is 0 Å². The highest BCUT2D eigenvalue weighted by Gasteiger charge is 2.77. The van der Waals surface area contributed by atoms with Crippen LogP contribution in [0, 0.1) is 0 Å². The molecular formula is C10H12F10N2O6S2. The highest BCUT2D eigenvalue weighted by molar-refractivity contribution is 8.05. The van der Waals surface area contributed by atoms with E-state index in [0.29, 0.717) is 0 Å². The van der Waals surface area contributed by atoms with Crippen molar-refractivity contribution in [2.24, 2.45) is 5.73 Å². The maximum atomic E-state index is 13.4. The molecule has 0 fully saturated rings. The van der Waals surface area contributed by atoms with Gasteiger partial charge in [0.15, 0.2) is 0 Å². The fourth-order valence-electron chi connectivity index (χ4n) is 1.78. The number of nitrogens with two attached hydrogens (primary N) is 1. The molecule has 180 valence electrons. The Morgan fingerprint density at radius 2 is 1.13 bits per heavy atom. The van der Waals surface area contributed by atoms with Crippen LogP contribution < -0.4 is 5.73 Å². The summed E-state index contributed by atoms with van der Waals surface area (Å²) in [7, 11) is -16.1. The molecule has 0 rings (SSSR count). The van der Waals surface area contributed by atoms with Crippen molar-refractivity contribution in [2.45, 2.75) is 48.2 Å². The Balaban J connectivity index is 7.14. The van der Waals surface area contributed by atoms with Gasteiger partial charge in [-0.15, -0.1) is 0 Å². The van der Waals surface area contributed by atoms with E-state index in [4.69, 9.17) is 10.8 Å². The Kier molecular flexibility index (Phi) is 8.21. The topological polar surface area (TPSA) is 135 Å². The molecule has 0 aromatic carbocycles. The van der Waals surface area contributed by atoms with Crippen LogP contribution in [-0.2, 0) is 24.8 Å². The summed E-state index contributed by atoms with van der Waals surface area (Å²) in [5.74, 6) is -2.89. The van der Waals surface area contributed by atoms with Crippen molar-refractivity contribution in [1.82, 2.24) is 3.71 Å². The van der Waals surface area contributed by atoms with Gasteiger partial charge in [-0.3, -0.25) is 4.79 Å². The van der Waals surface area contributed by atoms with Crippen LogP contribution in [0.5, 0.6) is 0 Å². The summed E-state index contributed by atoms with van der Waals surface area (Å²) < 4.78 is 173. The smallest absolute Gasteiger partial charge is 0.471 e. The maximum Gasteiger partial charge on any atom is 0.471 e. The van der Waals surface area contributed by atoms with Crippen LogP contribution in [0.2, 0.25) is 0 Å². The Labute approximate surface area is 161 Å². The molecule has 0 bridgehead atoms. The summed E-state index contributed by atoms with van der Waals surface area (Å²) in [6.07, 6.45) is -17.1. The van der Waals surface area contributed by atoms with Crippen molar-refractivity contribution in [1.29, 1.82) is 0 Å². The third kappa shape index (κ3) is 4.90. The SMILES string of the molecule is NCCCC[C@@H](C(=O)O)N(S(=O)(=O)C(F)(F)C(F)(F)F)S(=O)(=O)C(F)(F)C(F)(F)F. The van der Waals surface area contributed by atoms with Crippen LogP contribution in [0.25, 0.3) is 0 Å². The molecule has 8 nitrogen and oxygen atoms in total. The number of hydrogen-bond donors (Lipinski definition) is 2. The minimum atomic E-state index is -8.05. The zero-order valence-corrected chi connectivity index (χ0v) is 15.6. The minimum Gasteiger partial charge on any atom is -0.480 e. The van der Waals surface area contributed by atoms with Gasteiger partial charge < -0.3 is 10.8 Å². The number of nitrogens with zero attached hydrogens (tertiary/aromatic N) is 1. The molecule has 20 heteroatoms. The van der Waals surface area contributed by atoms with Crippen LogP contribution in [0.1, 0.15) is 19.3 Å². The van der Waals surface area contributed by atoms with Gasteiger partial charge in [0.05, 0.1) is 0 Å². The number of carboxylic acid groups (broad SMARTS) is 1. The van der Waals surface area contributed by atoms with Crippen molar-refractivity contribution in [2.75, 3.05) is 6.54 Å². The number of aliphatic carboxylic acids is 1. The molecule has 0 spiro atoms. The number of rotatable bonds is 10. The molecule has 0 heterocycles. The third-order valence-corrected chi connectivity index (χ3v) is 7.65. The first-order valence-electron chi connectivity index (χ1n) is 7.12. The van der Waals surface area contributed by atoms with E-state index >= 15 is 0 Å². The second-order valence-electron chi connectivity index (χ2n) is 5.40. The van der Waals surface area contributed by atoms with E-state index in [-0.39, 0.29) is 13.0 Å². The summed E-state index contributed by atoms with van der Waals surface area (Å²) in [6, 6.07) is -3.70. The maximum absolute atomic E-state index is 13.4. The monoisotopic (exact) mass is 510 g/mol. The van der Waals surface area contributed by atoms with Gasteiger partial charge in [-0.2, -0.15) is 43.9 Å². The molecule has 0 aromatic rings.